The van der Waals surface area contributed by atoms with Crippen LogP contribution < -0.4 is 5.32 Å². The fourth-order valence-electron chi connectivity index (χ4n) is 0.665. The summed E-state index contributed by atoms with van der Waals surface area (Å²) in [7, 11) is 0. The zero-order chi connectivity index (χ0) is 11.5. The fourth-order valence-corrected chi connectivity index (χ4v) is 0.665. The van der Waals surface area contributed by atoms with Crippen LogP contribution in [0.4, 0.5) is 0 Å². The maximum absolute atomic E-state index is 11.2. The lowest BCUT2D eigenvalue weighted by Crippen LogP contribution is -2.46. The number of carbonyl (C=O) groups excluding carboxylic acids is 1. The van der Waals surface area contributed by atoms with Crippen molar-refractivity contribution in [1.82, 2.24) is 25.9 Å². The van der Waals surface area contributed by atoms with E-state index in [2.05, 4.69) is 25.9 Å². The highest BCUT2D eigenvalue weighted by atomic mass is 16.4. The largest absolute Gasteiger partial charge is 0.479 e. The smallest absolute Gasteiger partial charge is 0.337 e. The molecule has 9 nitrogen and oxygen atoms in total. The Balaban J connectivity index is 2.51. The molecule has 1 unspecified atom stereocenters. The lowest BCUT2D eigenvalue weighted by atomic mass is 10.1. The molecule has 0 fully saturated rings. The fraction of sp³-hybridized carbons (Fsp3) is 0.500. The molecule has 0 spiro atoms. The Morgan fingerprint density at radius 2 is 2.27 bits per heavy atom. The SMILES string of the molecule is CC(O)(CNC(=O)c1nn[nH]n1)C(=O)O. The summed E-state index contributed by atoms with van der Waals surface area (Å²) in [5, 5.41) is 31.9. The summed E-state index contributed by atoms with van der Waals surface area (Å²) >= 11 is 0. The van der Waals surface area contributed by atoms with Crippen molar-refractivity contribution in [2.45, 2.75) is 12.5 Å². The van der Waals surface area contributed by atoms with Gasteiger partial charge in [0.25, 0.3) is 11.7 Å². The van der Waals surface area contributed by atoms with Gasteiger partial charge in [0.2, 0.25) is 0 Å². The van der Waals surface area contributed by atoms with Gasteiger partial charge < -0.3 is 15.5 Å². The van der Waals surface area contributed by atoms with Crippen LogP contribution in [-0.2, 0) is 4.79 Å². The minimum Gasteiger partial charge on any atom is -0.479 e. The van der Waals surface area contributed by atoms with E-state index in [0.29, 0.717) is 0 Å². The second-order valence-corrected chi connectivity index (χ2v) is 3.00. The van der Waals surface area contributed by atoms with E-state index in [9.17, 15) is 14.7 Å². The number of hydrogen-bond donors (Lipinski definition) is 4. The predicted molar refractivity (Wildman–Crippen MR) is 44.8 cm³/mol. The topological polar surface area (TPSA) is 141 Å². The number of rotatable bonds is 4. The molecular weight excluding hydrogens is 206 g/mol. The molecule has 0 saturated heterocycles. The number of aromatic nitrogens is 4. The van der Waals surface area contributed by atoms with Crippen molar-refractivity contribution in [3.05, 3.63) is 5.82 Å². The maximum atomic E-state index is 11.2. The Bertz CT molecular complexity index is 360. The van der Waals surface area contributed by atoms with Crippen LogP contribution in [-0.4, -0.2) is 54.9 Å². The van der Waals surface area contributed by atoms with Crippen LogP contribution in [0, 0.1) is 0 Å². The van der Waals surface area contributed by atoms with E-state index >= 15 is 0 Å². The third kappa shape index (κ3) is 2.71. The van der Waals surface area contributed by atoms with Crippen LogP contribution in [0.2, 0.25) is 0 Å². The minimum atomic E-state index is -2.03. The van der Waals surface area contributed by atoms with Gasteiger partial charge in [0, 0.05) is 0 Å². The Kier molecular flexibility index (Phi) is 2.95. The third-order valence-corrected chi connectivity index (χ3v) is 1.60. The van der Waals surface area contributed by atoms with Gasteiger partial charge in [0.05, 0.1) is 6.54 Å². The van der Waals surface area contributed by atoms with E-state index in [1.807, 2.05) is 0 Å². The molecule has 0 aliphatic rings. The van der Waals surface area contributed by atoms with Crippen molar-refractivity contribution in [3.8, 4) is 0 Å². The molecule has 1 rings (SSSR count). The molecule has 0 bridgehead atoms. The van der Waals surface area contributed by atoms with Gasteiger partial charge in [-0.1, -0.05) is 0 Å². The van der Waals surface area contributed by atoms with Gasteiger partial charge in [-0.25, -0.2) is 4.79 Å². The predicted octanol–water partition coefficient (Wildman–Crippen LogP) is -2.23. The average molecular weight is 215 g/mol. The number of aliphatic carboxylic acids is 1. The Morgan fingerprint density at radius 3 is 2.73 bits per heavy atom. The first-order valence-electron chi connectivity index (χ1n) is 3.91. The molecular formula is C6H9N5O4. The summed E-state index contributed by atoms with van der Waals surface area (Å²) in [5.41, 5.74) is -2.03. The number of hydrogen-bond acceptors (Lipinski definition) is 6. The molecule has 1 amide bonds. The van der Waals surface area contributed by atoms with Crippen LogP contribution in [0.15, 0.2) is 0 Å². The monoisotopic (exact) mass is 215 g/mol. The molecule has 1 atom stereocenters. The lowest BCUT2D eigenvalue weighted by molar-refractivity contribution is -0.155. The van der Waals surface area contributed by atoms with E-state index in [4.69, 9.17) is 5.11 Å². The molecule has 1 aromatic rings. The molecule has 0 radical (unpaired) electrons. The number of nitrogens with zero attached hydrogens (tertiary/aromatic N) is 3. The number of carboxylic acids is 1. The van der Waals surface area contributed by atoms with Crippen molar-refractivity contribution in [2.75, 3.05) is 6.54 Å². The number of aliphatic hydroxyl groups is 1. The number of aromatic amines is 1. The van der Waals surface area contributed by atoms with E-state index in [1.165, 1.54) is 0 Å². The lowest BCUT2D eigenvalue weighted by Gasteiger charge is -2.17. The second-order valence-electron chi connectivity index (χ2n) is 3.00. The molecule has 1 heterocycles. The summed E-state index contributed by atoms with van der Waals surface area (Å²) in [6, 6.07) is 0. The quantitative estimate of drug-likeness (QED) is 0.445. The minimum absolute atomic E-state index is 0.226. The zero-order valence-corrected chi connectivity index (χ0v) is 7.76. The number of H-pyrrole nitrogens is 1. The molecule has 0 aliphatic carbocycles. The van der Waals surface area contributed by atoms with Crippen molar-refractivity contribution >= 4 is 11.9 Å². The molecule has 1 aromatic heterocycles. The summed E-state index contributed by atoms with van der Waals surface area (Å²) < 4.78 is 0. The average Bonchev–Trinajstić information content (AvgIpc) is 2.66. The van der Waals surface area contributed by atoms with E-state index in [0.717, 1.165) is 6.92 Å². The Morgan fingerprint density at radius 1 is 1.60 bits per heavy atom. The van der Waals surface area contributed by atoms with Crippen LogP contribution in [0.25, 0.3) is 0 Å². The van der Waals surface area contributed by atoms with Crippen LogP contribution in [0.1, 0.15) is 17.5 Å². The zero-order valence-electron chi connectivity index (χ0n) is 7.76. The van der Waals surface area contributed by atoms with Crippen molar-refractivity contribution in [3.63, 3.8) is 0 Å². The van der Waals surface area contributed by atoms with Crippen LogP contribution >= 0.6 is 0 Å². The van der Waals surface area contributed by atoms with Crippen molar-refractivity contribution in [1.29, 1.82) is 0 Å². The summed E-state index contributed by atoms with van der Waals surface area (Å²) in [6.45, 7) is 0.613. The molecule has 0 aliphatic heterocycles. The summed E-state index contributed by atoms with van der Waals surface area (Å²) in [6.07, 6.45) is 0. The molecule has 0 aromatic carbocycles. The van der Waals surface area contributed by atoms with Crippen LogP contribution in [0.5, 0.6) is 0 Å². The van der Waals surface area contributed by atoms with Gasteiger partial charge in [-0.2, -0.15) is 5.21 Å². The van der Waals surface area contributed by atoms with E-state index in [-0.39, 0.29) is 5.82 Å². The van der Waals surface area contributed by atoms with Gasteiger partial charge in [-0.05, 0) is 12.1 Å². The van der Waals surface area contributed by atoms with E-state index in [1.54, 1.807) is 0 Å². The standard InChI is InChI=1S/C6H9N5O4/c1-6(15,5(13)14)2-7-4(12)3-8-10-11-9-3/h15H,2H2,1H3,(H,7,12)(H,13,14)(H,8,9,10,11). The third-order valence-electron chi connectivity index (χ3n) is 1.60. The van der Waals surface area contributed by atoms with Gasteiger partial charge in [0.15, 0.2) is 5.60 Å². The highest BCUT2D eigenvalue weighted by molar-refractivity contribution is 5.90. The van der Waals surface area contributed by atoms with Crippen molar-refractivity contribution < 1.29 is 19.8 Å². The first kappa shape index (κ1) is 11.0. The Hall–Kier alpha value is -2.03. The number of carboxylic acid groups (broad SMARTS) is 1. The number of nitrogens with one attached hydrogen (secondary N) is 2. The molecule has 4 N–H and O–H groups in total. The normalized spacial score (nSPS) is 14.3. The Labute approximate surface area is 83.5 Å². The van der Waals surface area contributed by atoms with Crippen LogP contribution in [0.3, 0.4) is 0 Å². The van der Waals surface area contributed by atoms with Gasteiger partial charge in [0.1, 0.15) is 0 Å². The number of tetrazole rings is 1. The molecule has 82 valence electrons. The van der Waals surface area contributed by atoms with Crippen molar-refractivity contribution in [2.24, 2.45) is 0 Å². The summed E-state index contributed by atoms with van der Waals surface area (Å²) in [4.78, 5) is 21.6. The van der Waals surface area contributed by atoms with E-state index < -0.39 is 24.0 Å². The summed E-state index contributed by atoms with van der Waals surface area (Å²) in [5.74, 6) is -2.38. The molecule has 15 heavy (non-hydrogen) atoms. The first-order chi connectivity index (χ1) is 6.93. The number of amides is 1. The maximum Gasteiger partial charge on any atom is 0.337 e. The van der Waals surface area contributed by atoms with Gasteiger partial charge >= 0.3 is 5.97 Å². The second kappa shape index (κ2) is 4.00. The van der Waals surface area contributed by atoms with Gasteiger partial charge in [-0.15, -0.1) is 10.2 Å². The number of carbonyl (C=O) groups is 2. The highest BCUT2D eigenvalue weighted by Crippen LogP contribution is 2.00. The highest BCUT2D eigenvalue weighted by Gasteiger charge is 2.30. The molecule has 0 saturated carbocycles. The first-order valence-corrected chi connectivity index (χ1v) is 3.91. The molecule has 9 heteroatoms. The van der Waals surface area contributed by atoms with Gasteiger partial charge in [-0.3, -0.25) is 4.79 Å².